The molecule has 3 nitrogen and oxygen atoms in total. The molecule has 0 bridgehead atoms. The van der Waals surface area contributed by atoms with E-state index in [1.807, 2.05) is 7.05 Å². The minimum absolute atomic E-state index is 0.334. The smallest absolute Gasteiger partial charge is 0.210 e. The molecule has 64 valence electrons. The Morgan fingerprint density at radius 1 is 1.55 bits per heavy atom. The summed E-state index contributed by atoms with van der Waals surface area (Å²) in [6.07, 6.45) is 4.87. The molecule has 0 radical (unpaired) electrons. The maximum atomic E-state index is 10.4. The molecule has 1 rings (SSSR count). The fraction of sp³-hybridized carbons (Fsp3) is 0.875. The second-order valence-corrected chi connectivity index (χ2v) is 3.23. The van der Waals surface area contributed by atoms with Crippen molar-refractivity contribution < 1.29 is 4.79 Å². The zero-order valence-corrected chi connectivity index (χ0v) is 7.29. The van der Waals surface area contributed by atoms with Crippen LogP contribution >= 0.6 is 0 Å². The van der Waals surface area contributed by atoms with Crippen LogP contribution in [0.1, 0.15) is 19.3 Å². The quantitative estimate of drug-likeness (QED) is 0.544. The van der Waals surface area contributed by atoms with Gasteiger partial charge in [-0.15, -0.1) is 0 Å². The van der Waals surface area contributed by atoms with Gasteiger partial charge in [0.05, 0.1) is 6.17 Å². The van der Waals surface area contributed by atoms with Gasteiger partial charge in [-0.05, 0) is 32.9 Å². The molecule has 1 saturated heterocycles. The fourth-order valence-corrected chi connectivity index (χ4v) is 1.64. The van der Waals surface area contributed by atoms with E-state index in [2.05, 4.69) is 11.9 Å². The highest BCUT2D eigenvalue weighted by atomic mass is 16.1. The Bertz CT molecular complexity index is 138. The maximum absolute atomic E-state index is 10.4. The monoisotopic (exact) mass is 156 g/mol. The second-order valence-electron chi connectivity index (χ2n) is 3.23. The molecule has 1 atom stereocenters. The summed E-state index contributed by atoms with van der Waals surface area (Å²) in [4.78, 5) is 14.4. The van der Waals surface area contributed by atoms with Crippen LogP contribution in [0.2, 0.25) is 0 Å². The number of piperidine rings is 1. The highest BCUT2D eigenvalue weighted by molar-refractivity contribution is 5.46. The van der Waals surface area contributed by atoms with Gasteiger partial charge in [-0.2, -0.15) is 0 Å². The third-order valence-electron chi connectivity index (χ3n) is 2.37. The average molecular weight is 156 g/mol. The van der Waals surface area contributed by atoms with Crippen molar-refractivity contribution in [1.82, 2.24) is 9.80 Å². The van der Waals surface area contributed by atoms with Gasteiger partial charge in [0, 0.05) is 7.05 Å². The Morgan fingerprint density at radius 3 is 2.82 bits per heavy atom. The molecule has 1 aliphatic heterocycles. The minimum Gasteiger partial charge on any atom is -0.333 e. The van der Waals surface area contributed by atoms with Crippen LogP contribution in [-0.2, 0) is 4.79 Å². The second kappa shape index (κ2) is 3.72. The number of nitrogens with zero attached hydrogens (tertiary/aromatic N) is 2. The van der Waals surface area contributed by atoms with Crippen LogP contribution in [0.15, 0.2) is 0 Å². The molecule has 0 spiro atoms. The van der Waals surface area contributed by atoms with E-state index in [-0.39, 0.29) is 0 Å². The highest BCUT2D eigenvalue weighted by Gasteiger charge is 2.21. The van der Waals surface area contributed by atoms with Crippen molar-refractivity contribution in [3.8, 4) is 0 Å². The summed E-state index contributed by atoms with van der Waals surface area (Å²) < 4.78 is 0. The minimum atomic E-state index is 0.334. The molecule has 1 heterocycles. The molecule has 0 aromatic rings. The maximum Gasteiger partial charge on any atom is 0.210 e. The van der Waals surface area contributed by atoms with E-state index in [1.54, 1.807) is 4.90 Å². The van der Waals surface area contributed by atoms with Gasteiger partial charge in [0.1, 0.15) is 0 Å². The van der Waals surface area contributed by atoms with Crippen LogP contribution in [0, 0.1) is 0 Å². The van der Waals surface area contributed by atoms with Crippen molar-refractivity contribution in [2.24, 2.45) is 0 Å². The average Bonchev–Trinajstić information content (AvgIpc) is 2.04. The van der Waals surface area contributed by atoms with Crippen LogP contribution < -0.4 is 0 Å². The van der Waals surface area contributed by atoms with Crippen molar-refractivity contribution in [2.75, 3.05) is 20.6 Å². The number of carbonyl (C=O) groups excluding carboxylic acids is 1. The zero-order valence-electron chi connectivity index (χ0n) is 7.29. The molecule has 0 aromatic carbocycles. The van der Waals surface area contributed by atoms with Gasteiger partial charge < -0.3 is 4.90 Å². The van der Waals surface area contributed by atoms with Crippen LogP contribution in [0.5, 0.6) is 0 Å². The molecule has 0 N–H and O–H groups in total. The van der Waals surface area contributed by atoms with Crippen LogP contribution in [0.25, 0.3) is 0 Å². The lowest BCUT2D eigenvalue weighted by atomic mass is 10.1. The molecule has 1 aliphatic rings. The Kier molecular flexibility index (Phi) is 2.88. The van der Waals surface area contributed by atoms with Crippen molar-refractivity contribution >= 4 is 6.41 Å². The van der Waals surface area contributed by atoms with Crippen molar-refractivity contribution in [3.63, 3.8) is 0 Å². The summed E-state index contributed by atoms with van der Waals surface area (Å²) in [5, 5.41) is 0. The zero-order chi connectivity index (χ0) is 8.27. The summed E-state index contributed by atoms with van der Waals surface area (Å²) in [6, 6.07) is 0. The molecular weight excluding hydrogens is 140 g/mol. The number of likely N-dealkylation sites (tertiary alicyclic amines) is 1. The van der Waals surface area contributed by atoms with Crippen molar-refractivity contribution in [3.05, 3.63) is 0 Å². The van der Waals surface area contributed by atoms with Gasteiger partial charge in [0.25, 0.3) is 0 Å². The first-order valence-electron chi connectivity index (χ1n) is 4.13. The first kappa shape index (κ1) is 8.53. The number of hydrogen-bond acceptors (Lipinski definition) is 2. The number of rotatable bonds is 2. The Balaban J connectivity index is 2.46. The SMILES string of the molecule is CN(C=O)C1CCCCN1C. The lowest BCUT2D eigenvalue weighted by Crippen LogP contribution is -2.46. The Hall–Kier alpha value is -0.570. The number of carbonyl (C=O) groups is 1. The van der Waals surface area contributed by atoms with E-state index >= 15 is 0 Å². The van der Waals surface area contributed by atoms with Gasteiger partial charge >= 0.3 is 0 Å². The summed E-state index contributed by atoms with van der Waals surface area (Å²) in [5.74, 6) is 0. The summed E-state index contributed by atoms with van der Waals surface area (Å²) in [5.41, 5.74) is 0. The molecule has 0 aliphatic carbocycles. The summed E-state index contributed by atoms with van der Waals surface area (Å²) in [7, 11) is 3.92. The van der Waals surface area contributed by atoms with Gasteiger partial charge in [-0.1, -0.05) is 0 Å². The molecule has 0 saturated carbocycles. The molecule has 0 aromatic heterocycles. The topological polar surface area (TPSA) is 23.6 Å². The summed E-state index contributed by atoms with van der Waals surface area (Å²) in [6.45, 7) is 1.11. The number of hydrogen-bond donors (Lipinski definition) is 0. The molecule has 3 heteroatoms. The van der Waals surface area contributed by atoms with E-state index in [4.69, 9.17) is 0 Å². The van der Waals surface area contributed by atoms with Crippen molar-refractivity contribution in [2.45, 2.75) is 25.4 Å². The normalized spacial score (nSPS) is 26.5. The van der Waals surface area contributed by atoms with E-state index in [0.717, 1.165) is 19.4 Å². The highest BCUT2D eigenvalue weighted by Crippen LogP contribution is 2.15. The van der Waals surface area contributed by atoms with Gasteiger partial charge in [-0.25, -0.2) is 0 Å². The van der Waals surface area contributed by atoms with Gasteiger partial charge in [0.15, 0.2) is 0 Å². The molecule has 1 amide bonds. The predicted octanol–water partition coefficient (Wildman–Crippen LogP) is 0.516. The third-order valence-corrected chi connectivity index (χ3v) is 2.37. The van der Waals surface area contributed by atoms with Crippen LogP contribution in [0.4, 0.5) is 0 Å². The lowest BCUT2D eigenvalue weighted by molar-refractivity contribution is -0.122. The Labute approximate surface area is 68.0 Å². The van der Waals surface area contributed by atoms with E-state index < -0.39 is 0 Å². The van der Waals surface area contributed by atoms with E-state index in [0.29, 0.717) is 6.17 Å². The molecule has 11 heavy (non-hydrogen) atoms. The Morgan fingerprint density at radius 2 is 2.27 bits per heavy atom. The van der Waals surface area contributed by atoms with Gasteiger partial charge in [-0.3, -0.25) is 9.69 Å². The first-order chi connectivity index (χ1) is 5.25. The van der Waals surface area contributed by atoms with E-state index in [9.17, 15) is 4.79 Å². The van der Waals surface area contributed by atoms with Gasteiger partial charge in [0.2, 0.25) is 6.41 Å². The molecule has 1 unspecified atom stereocenters. The van der Waals surface area contributed by atoms with Crippen LogP contribution in [-0.4, -0.2) is 43.0 Å². The first-order valence-corrected chi connectivity index (χ1v) is 4.13. The molecule has 1 fully saturated rings. The standard InChI is InChI=1S/C8H16N2O/c1-9-6-4-3-5-8(9)10(2)7-11/h7-8H,3-6H2,1-2H3. The van der Waals surface area contributed by atoms with E-state index in [1.165, 1.54) is 12.8 Å². The predicted molar refractivity (Wildman–Crippen MR) is 44.1 cm³/mol. The van der Waals surface area contributed by atoms with Crippen LogP contribution in [0.3, 0.4) is 0 Å². The lowest BCUT2D eigenvalue weighted by Gasteiger charge is -2.36. The summed E-state index contributed by atoms with van der Waals surface area (Å²) >= 11 is 0. The number of amides is 1. The largest absolute Gasteiger partial charge is 0.333 e. The third kappa shape index (κ3) is 1.93. The molecular formula is C8H16N2O. The fourth-order valence-electron chi connectivity index (χ4n) is 1.64. The van der Waals surface area contributed by atoms with Crippen molar-refractivity contribution in [1.29, 1.82) is 0 Å².